The third-order valence-electron chi connectivity index (χ3n) is 3.36. The number of hydrogen-bond acceptors (Lipinski definition) is 6. The normalized spacial score (nSPS) is 15.2. The molecule has 1 aliphatic rings. The van der Waals surface area contributed by atoms with Crippen LogP contribution in [0.25, 0.3) is 0 Å². The Bertz CT molecular complexity index is 668. The van der Waals surface area contributed by atoms with E-state index in [1.807, 2.05) is 6.92 Å². The van der Waals surface area contributed by atoms with Crippen LogP contribution in [-0.4, -0.2) is 26.9 Å². The Morgan fingerprint density at radius 3 is 2.39 bits per heavy atom. The van der Waals surface area contributed by atoms with Gasteiger partial charge in [-0.15, -0.1) is 10.1 Å². The van der Waals surface area contributed by atoms with Gasteiger partial charge in [0, 0.05) is 24.0 Å². The van der Waals surface area contributed by atoms with E-state index in [1.54, 1.807) is 6.07 Å². The van der Waals surface area contributed by atoms with Gasteiger partial charge in [0.05, 0.1) is 4.92 Å². The smallest absolute Gasteiger partial charge is 0.296 e. The van der Waals surface area contributed by atoms with E-state index in [9.17, 15) is 19.7 Å². The Morgan fingerprint density at radius 2 is 1.96 bits per heavy atom. The van der Waals surface area contributed by atoms with Gasteiger partial charge in [-0.2, -0.15) is 0 Å². The summed E-state index contributed by atoms with van der Waals surface area (Å²) in [6.07, 6.45) is 1.02. The summed E-state index contributed by atoms with van der Waals surface area (Å²) in [5, 5.41) is 27.3. The second-order valence-corrected chi connectivity index (χ2v) is 4.84. The van der Waals surface area contributed by atoms with Crippen LogP contribution < -0.4 is 5.32 Å². The maximum Gasteiger partial charge on any atom is 0.296 e. The van der Waals surface area contributed by atoms with E-state index in [-0.39, 0.29) is 29.0 Å². The summed E-state index contributed by atoms with van der Waals surface area (Å²) >= 11 is 0. The molecule has 0 bridgehead atoms. The summed E-state index contributed by atoms with van der Waals surface area (Å²) in [5.74, 6) is -0.615. The number of ketones is 1. The van der Waals surface area contributed by atoms with Crippen molar-refractivity contribution in [3.63, 3.8) is 0 Å². The van der Waals surface area contributed by atoms with E-state index < -0.39 is 10.0 Å². The quantitative estimate of drug-likeness (QED) is 0.636. The van der Waals surface area contributed by atoms with Crippen LogP contribution in [0.2, 0.25) is 0 Å². The van der Waals surface area contributed by atoms with E-state index in [4.69, 9.17) is 15.3 Å². The van der Waals surface area contributed by atoms with Crippen molar-refractivity contribution in [1.29, 1.82) is 0 Å². The Kier molecular flexibility index (Phi) is 5.71. The molecule has 1 unspecified atom stereocenters. The minimum absolute atomic E-state index is 0.0463. The number of nitrogens with zero attached hydrogens (tertiary/aromatic N) is 2. The molecule has 0 radical (unpaired) electrons. The second-order valence-electron chi connectivity index (χ2n) is 4.84. The van der Waals surface area contributed by atoms with E-state index in [1.165, 1.54) is 13.0 Å². The van der Waals surface area contributed by atoms with E-state index in [0.717, 1.165) is 0 Å². The first kappa shape index (κ1) is 18.0. The molecule has 1 aromatic carbocycles. The predicted octanol–water partition coefficient (Wildman–Crippen LogP) is 1.97. The van der Waals surface area contributed by atoms with Crippen LogP contribution in [0.15, 0.2) is 12.1 Å². The van der Waals surface area contributed by atoms with Crippen molar-refractivity contribution >= 4 is 23.1 Å². The first-order chi connectivity index (χ1) is 10.7. The van der Waals surface area contributed by atoms with Crippen LogP contribution in [0.1, 0.15) is 36.2 Å². The first-order valence-electron chi connectivity index (χ1n) is 6.64. The number of fused-ring (bicyclic) bond motifs is 1. The number of nitro benzene ring substituents is 1. The molecule has 0 aliphatic heterocycles. The highest BCUT2D eigenvalue weighted by Crippen LogP contribution is 2.39. The highest BCUT2D eigenvalue weighted by atomic mass is 16.9. The Hall–Kier alpha value is -3.04. The average Bonchev–Trinajstić information content (AvgIpc) is 2.73. The lowest BCUT2D eigenvalue weighted by atomic mass is 10.0. The Labute approximate surface area is 130 Å². The SMILES string of the molecule is CCC1Cc2c(ccc(NC(C)=O)c2[N+](=O)[O-])C1=O.O=[N+]([O-])O. The molecular weight excluding hydrogens is 310 g/mol. The third kappa shape index (κ3) is 4.22. The van der Waals surface area contributed by atoms with Crippen LogP contribution in [-0.2, 0) is 11.2 Å². The van der Waals surface area contributed by atoms with Gasteiger partial charge in [0.2, 0.25) is 5.91 Å². The fraction of sp³-hybridized carbons (Fsp3) is 0.385. The zero-order valence-corrected chi connectivity index (χ0v) is 12.4. The summed E-state index contributed by atoms with van der Waals surface area (Å²) in [4.78, 5) is 42.1. The first-order valence-corrected chi connectivity index (χ1v) is 6.64. The van der Waals surface area contributed by atoms with Gasteiger partial charge in [0.1, 0.15) is 5.69 Å². The van der Waals surface area contributed by atoms with Crippen molar-refractivity contribution in [2.45, 2.75) is 26.7 Å². The lowest BCUT2D eigenvalue weighted by Crippen LogP contribution is -2.09. The molecular formula is C13H15N3O7. The van der Waals surface area contributed by atoms with Gasteiger partial charge in [-0.1, -0.05) is 6.92 Å². The third-order valence-corrected chi connectivity index (χ3v) is 3.36. The summed E-state index contributed by atoms with van der Waals surface area (Å²) in [6.45, 7) is 3.17. The lowest BCUT2D eigenvalue weighted by Gasteiger charge is -2.06. The Balaban J connectivity index is 0.000000593. The van der Waals surface area contributed by atoms with Crippen LogP contribution in [0.4, 0.5) is 11.4 Å². The number of nitro groups is 1. The number of carbonyl (C=O) groups excluding carboxylic acids is 2. The van der Waals surface area contributed by atoms with Crippen molar-refractivity contribution < 1.29 is 24.8 Å². The molecule has 0 spiro atoms. The zero-order chi connectivity index (χ0) is 17.7. The molecule has 0 fully saturated rings. The molecule has 2 rings (SSSR count). The minimum atomic E-state index is -1.50. The number of amides is 1. The number of benzene rings is 1. The average molecular weight is 325 g/mol. The van der Waals surface area contributed by atoms with Gasteiger partial charge in [-0.25, -0.2) is 0 Å². The maximum absolute atomic E-state index is 12.0. The molecule has 0 saturated heterocycles. The van der Waals surface area contributed by atoms with Gasteiger partial charge < -0.3 is 10.5 Å². The molecule has 1 atom stereocenters. The van der Waals surface area contributed by atoms with Crippen molar-refractivity contribution in [3.8, 4) is 0 Å². The summed E-state index contributed by atoms with van der Waals surface area (Å²) in [6, 6.07) is 2.99. The fourth-order valence-corrected chi connectivity index (χ4v) is 2.46. The van der Waals surface area contributed by atoms with Gasteiger partial charge >= 0.3 is 0 Å². The minimum Gasteiger partial charge on any atom is -0.328 e. The number of nitrogens with one attached hydrogen (secondary N) is 1. The van der Waals surface area contributed by atoms with Gasteiger partial charge in [0.15, 0.2) is 5.78 Å². The van der Waals surface area contributed by atoms with E-state index in [2.05, 4.69) is 5.32 Å². The van der Waals surface area contributed by atoms with Crippen molar-refractivity contribution in [1.82, 2.24) is 0 Å². The highest BCUT2D eigenvalue weighted by Gasteiger charge is 2.36. The second kappa shape index (κ2) is 7.29. The van der Waals surface area contributed by atoms with Crippen LogP contribution in [0, 0.1) is 26.1 Å². The number of rotatable bonds is 3. The van der Waals surface area contributed by atoms with Crippen molar-refractivity contribution in [2.24, 2.45) is 5.92 Å². The summed E-state index contributed by atoms with van der Waals surface area (Å²) < 4.78 is 0. The molecule has 23 heavy (non-hydrogen) atoms. The molecule has 1 aliphatic carbocycles. The van der Waals surface area contributed by atoms with Gasteiger partial charge in [0.25, 0.3) is 10.8 Å². The largest absolute Gasteiger partial charge is 0.328 e. The standard InChI is InChI=1S/C13H14N2O4.HNO3/c1-3-8-6-10-9(13(8)17)4-5-11(14-7(2)16)12(10)15(18)19;2-1(3)4/h4-5,8H,3,6H2,1-2H3,(H,14,16);(H,2,3,4). The highest BCUT2D eigenvalue weighted by molar-refractivity contribution is 6.05. The molecule has 1 amide bonds. The summed E-state index contributed by atoms with van der Waals surface area (Å²) in [5.41, 5.74) is 0.846. The molecule has 0 heterocycles. The van der Waals surface area contributed by atoms with Crippen molar-refractivity contribution in [2.75, 3.05) is 5.32 Å². The molecule has 0 saturated carbocycles. The molecule has 10 heteroatoms. The zero-order valence-electron chi connectivity index (χ0n) is 12.4. The number of hydrogen-bond donors (Lipinski definition) is 2. The van der Waals surface area contributed by atoms with Crippen LogP contribution >= 0.6 is 0 Å². The topological polar surface area (TPSA) is 153 Å². The van der Waals surface area contributed by atoms with Gasteiger partial charge in [-0.05, 0) is 25.0 Å². The molecule has 0 aromatic heterocycles. The summed E-state index contributed by atoms with van der Waals surface area (Å²) in [7, 11) is 0. The van der Waals surface area contributed by atoms with Gasteiger partial charge in [-0.3, -0.25) is 19.7 Å². The van der Waals surface area contributed by atoms with E-state index in [0.29, 0.717) is 24.0 Å². The van der Waals surface area contributed by atoms with E-state index >= 15 is 0 Å². The fourth-order valence-electron chi connectivity index (χ4n) is 2.46. The number of anilines is 1. The lowest BCUT2D eigenvalue weighted by molar-refractivity contribution is -0.742. The molecule has 124 valence electrons. The van der Waals surface area contributed by atoms with Crippen molar-refractivity contribution in [3.05, 3.63) is 43.5 Å². The predicted molar refractivity (Wildman–Crippen MR) is 78.0 cm³/mol. The number of Topliss-reactive ketones (excluding diaryl/α,β-unsaturated/α-hetero) is 1. The van der Waals surface area contributed by atoms with Crippen LogP contribution in [0.5, 0.6) is 0 Å². The molecule has 10 nitrogen and oxygen atoms in total. The molecule has 2 N–H and O–H groups in total. The molecule has 1 aromatic rings. The van der Waals surface area contributed by atoms with Crippen LogP contribution in [0.3, 0.4) is 0 Å². The number of carbonyl (C=O) groups is 2. The maximum atomic E-state index is 12.0. The monoisotopic (exact) mass is 325 g/mol. The Morgan fingerprint density at radius 1 is 1.39 bits per heavy atom.